The van der Waals surface area contributed by atoms with Crippen molar-refractivity contribution in [2.45, 2.75) is 19.4 Å². The first kappa shape index (κ1) is 13.3. The van der Waals surface area contributed by atoms with E-state index >= 15 is 0 Å². The van der Waals surface area contributed by atoms with E-state index in [0.717, 1.165) is 18.2 Å². The van der Waals surface area contributed by atoms with Crippen LogP contribution in [0.1, 0.15) is 17.2 Å². The fraction of sp³-hybridized carbons (Fsp3) is 0.300. The first-order valence-electron chi connectivity index (χ1n) is 4.48. The highest BCUT2D eigenvalue weighted by Crippen LogP contribution is 2.28. The number of ether oxygens (including phenoxy) is 1. The van der Waals surface area contributed by atoms with E-state index in [1.54, 1.807) is 0 Å². The van der Waals surface area contributed by atoms with E-state index < -0.39 is 24.2 Å². The van der Waals surface area contributed by atoms with Crippen LogP contribution in [-0.4, -0.2) is 22.5 Å². The number of carboxylic acids is 1. The number of hydrogen-bond donors (Lipinski definition) is 2. The molecule has 0 fully saturated rings. The summed E-state index contributed by atoms with van der Waals surface area (Å²) in [6.45, 7) is 1.32. The summed E-state index contributed by atoms with van der Waals surface area (Å²) in [5.74, 6) is -1.91. The molecule has 0 radical (unpaired) electrons. The Labute approximate surface area is 94.3 Å². The second-order valence-electron chi connectivity index (χ2n) is 3.31. The number of carboxylic acid groups (broad SMARTS) is 1. The molecular formula is C10H9F3O4. The molecule has 0 aliphatic rings. The Morgan fingerprint density at radius 1 is 1.41 bits per heavy atom. The van der Waals surface area contributed by atoms with Gasteiger partial charge in [0.2, 0.25) is 0 Å². The zero-order valence-electron chi connectivity index (χ0n) is 8.65. The number of carbonyl (C=O) groups is 1. The molecule has 0 aliphatic heterocycles. The van der Waals surface area contributed by atoms with Gasteiger partial charge in [-0.25, -0.2) is 4.79 Å². The molecule has 4 nitrogen and oxygen atoms in total. The van der Waals surface area contributed by atoms with Crippen molar-refractivity contribution in [3.05, 3.63) is 29.3 Å². The van der Waals surface area contributed by atoms with Gasteiger partial charge in [0.25, 0.3) is 0 Å². The number of rotatable bonds is 3. The number of halogens is 3. The van der Waals surface area contributed by atoms with Crippen LogP contribution in [-0.2, 0) is 4.79 Å². The summed E-state index contributed by atoms with van der Waals surface area (Å²) in [7, 11) is 0. The van der Waals surface area contributed by atoms with Crippen molar-refractivity contribution >= 4 is 5.97 Å². The maximum absolute atomic E-state index is 11.9. The third-order valence-corrected chi connectivity index (χ3v) is 1.97. The summed E-state index contributed by atoms with van der Waals surface area (Å²) in [6, 6.07) is 3.15. The van der Waals surface area contributed by atoms with Gasteiger partial charge in [-0.05, 0) is 30.2 Å². The highest BCUT2D eigenvalue weighted by molar-refractivity contribution is 5.74. The summed E-state index contributed by atoms with van der Waals surface area (Å²) in [4.78, 5) is 10.5. The first-order chi connectivity index (χ1) is 7.70. The second-order valence-corrected chi connectivity index (χ2v) is 3.31. The Balaban J connectivity index is 2.98. The van der Waals surface area contributed by atoms with Gasteiger partial charge in [0.15, 0.2) is 6.10 Å². The monoisotopic (exact) mass is 250 g/mol. The van der Waals surface area contributed by atoms with Crippen molar-refractivity contribution in [1.29, 1.82) is 0 Å². The fourth-order valence-corrected chi connectivity index (χ4v) is 1.22. The summed E-state index contributed by atoms with van der Waals surface area (Å²) in [5, 5.41) is 17.7. The maximum Gasteiger partial charge on any atom is 0.573 e. The Morgan fingerprint density at radius 2 is 2.00 bits per heavy atom. The molecule has 0 aliphatic carbocycles. The molecule has 0 heterocycles. The number of alkyl halides is 3. The molecule has 0 saturated heterocycles. The van der Waals surface area contributed by atoms with Crippen molar-refractivity contribution in [3.63, 3.8) is 0 Å². The summed E-state index contributed by atoms with van der Waals surface area (Å²) >= 11 is 0. The average Bonchev–Trinajstić information content (AvgIpc) is 2.18. The van der Waals surface area contributed by atoms with Crippen molar-refractivity contribution in [2.75, 3.05) is 0 Å². The lowest BCUT2D eigenvalue weighted by Crippen LogP contribution is -2.18. The second kappa shape index (κ2) is 4.62. The van der Waals surface area contributed by atoms with Gasteiger partial charge in [0, 0.05) is 0 Å². The molecule has 1 unspecified atom stereocenters. The summed E-state index contributed by atoms with van der Waals surface area (Å²) in [6.07, 6.45) is -6.58. The van der Waals surface area contributed by atoms with E-state index in [4.69, 9.17) is 5.11 Å². The SMILES string of the molecule is Cc1cc(C(O)C(=O)O)ccc1OC(F)(F)F. The number of aliphatic hydroxyl groups excluding tert-OH is 1. The molecule has 0 bridgehead atoms. The van der Waals surface area contributed by atoms with Crippen LogP contribution in [0.2, 0.25) is 0 Å². The largest absolute Gasteiger partial charge is 0.573 e. The van der Waals surface area contributed by atoms with Crippen LogP contribution >= 0.6 is 0 Å². The van der Waals surface area contributed by atoms with Crippen molar-refractivity contribution < 1.29 is 32.9 Å². The highest BCUT2D eigenvalue weighted by atomic mass is 19.4. The van der Waals surface area contributed by atoms with Crippen molar-refractivity contribution in [3.8, 4) is 5.75 Å². The molecule has 0 aromatic heterocycles. The maximum atomic E-state index is 11.9. The van der Waals surface area contributed by atoms with E-state index in [-0.39, 0.29) is 11.1 Å². The molecule has 2 N–H and O–H groups in total. The molecule has 0 saturated carbocycles. The first-order valence-corrected chi connectivity index (χ1v) is 4.48. The van der Waals surface area contributed by atoms with E-state index in [0.29, 0.717) is 0 Å². The lowest BCUT2D eigenvalue weighted by Gasteiger charge is -2.13. The Bertz CT molecular complexity index is 428. The van der Waals surface area contributed by atoms with Crippen LogP contribution in [0.4, 0.5) is 13.2 Å². The van der Waals surface area contributed by atoms with Gasteiger partial charge in [0.1, 0.15) is 5.75 Å². The lowest BCUT2D eigenvalue weighted by molar-refractivity contribution is -0.274. The van der Waals surface area contributed by atoms with E-state index in [1.165, 1.54) is 6.92 Å². The van der Waals surface area contributed by atoms with Gasteiger partial charge in [0.05, 0.1) is 0 Å². The topological polar surface area (TPSA) is 66.8 Å². The molecule has 7 heteroatoms. The molecule has 1 rings (SSSR count). The lowest BCUT2D eigenvalue weighted by atomic mass is 10.1. The predicted octanol–water partition coefficient (Wildman–Crippen LogP) is 2.01. The summed E-state index contributed by atoms with van der Waals surface area (Å²) in [5.41, 5.74) is 0.0737. The zero-order chi connectivity index (χ0) is 13.2. The van der Waals surface area contributed by atoms with Gasteiger partial charge in [-0.2, -0.15) is 0 Å². The molecule has 0 amide bonds. The van der Waals surface area contributed by atoms with Gasteiger partial charge < -0.3 is 14.9 Å². The molecule has 17 heavy (non-hydrogen) atoms. The third kappa shape index (κ3) is 3.63. The van der Waals surface area contributed by atoms with Crippen LogP contribution in [0.5, 0.6) is 5.75 Å². The van der Waals surface area contributed by atoms with E-state index in [9.17, 15) is 23.1 Å². The highest BCUT2D eigenvalue weighted by Gasteiger charge is 2.31. The number of hydrogen-bond acceptors (Lipinski definition) is 3. The molecule has 1 aromatic rings. The number of aryl methyl sites for hydroxylation is 1. The van der Waals surface area contributed by atoms with Crippen LogP contribution in [0.15, 0.2) is 18.2 Å². The zero-order valence-corrected chi connectivity index (χ0v) is 8.65. The Kier molecular flexibility index (Phi) is 3.62. The number of aliphatic carboxylic acids is 1. The van der Waals surface area contributed by atoms with E-state index in [1.807, 2.05) is 0 Å². The third-order valence-electron chi connectivity index (χ3n) is 1.97. The van der Waals surface area contributed by atoms with Gasteiger partial charge >= 0.3 is 12.3 Å². The fourth-order valence-electron chi connectivity index (χ4n) is 1.22. The Hall–Kier alpha value is -1.76. The van der Waals surface area contributed by atoms with Crippen LogP contribution in [0.25, 0.3) is 0 Å². The van der Waals surface area contributed by atoms with Gasteiger partial charge in [-0.1, -0.05) is 6.07 Å². The molecule has 1 atom stereocenters. The van der Waals surface area contributed by atoms with E-state index in [2.05, 4.69) is 4.74 Å². The predicted molar refractivity (Wildman–Crippen MR) is 50.5 cm³/mol. The molecule has 94 valence electrons. The minimum absolute atomic E-state index is 0.00970. The van der Waals surface area contributed by atoms with Gasteiger partial charge in [-0.15, -0.1) is 13.2 Å². The number of aliphatic hydroxyl groups is 1. The minimum atomic E-state index is -4.81. The van der Waals surface area contributed by atoms with Crippen molar-refractivity contribution in [2.24, 2.45) is 0 Å². The van der Waals surface area contributed by atoms with Crippen LogP contribution < -0.4 is 4.74 Å². The summed E-state index contributed by atoms with van der Waals surface area (Å²) < 4.78 is 39.5. The Morgan fingerprint density at radius 3 is 2.41 bits per heavy atom. The van der Waals surface area contributed by atoms with Crippen LogP contribution in [0.3, 0.4) is 0 Å². The minimum Gasteiger partial charge on any atom is -0.479 e. The average molecular weight is 250 g/mol. The van der Waals surface area contributed by atoms with Gasteiger partial charge in [-0.3, -0.25) is 0 Å². The van der Waals surface area contributed by atoms with Crippen molar-refractivity contribution in [1.82, 2.24) is 0 Å². The molecule has 0 spiro atoms. The number of benzene rings is 1. The smallest absolute Gasteiger partial charge is 0.479 e. The standard InChI is InChI=1S/C10H9F3O4/c1-5-4-6(8(14)9(15)16)2-3-7(5)17-10(11,12)13/h2-4,8,14H,1H3,(H,15,16). The quantitative estimate of drug-likeness (QED) is 0.861. The van der Waals surface area contributed by atoms with Crippen LogP contribution in [0, 0.1) is 6.92 Å². The normalized spacial score (nSPS) is 13.2. The molecular weight excluding hydrogens is 241 g/mol. The molecule has 1 aromatic carbocycles.